The van der Waals surface area contributed by atoms with Gasteiger partial charge in [-0.05, 0) is 56.2 Å². The molecule has 3 aromatic rings. The van der Waals surface area contributed by atoms with Gasteiger partial charge in [0.1, 0.15) is 5.69 Å². The number of benzene rings is 2. The van der Waals surface area contributed by atoms with E-state index in [2.05, 4.69) is 15.7 Å². The summed E-state index contributed by atoms with van der Waals surface area (Å²) in [6, 6.07) is 15.8. The quantitative estimate of drug-likeness (QED) is 0.658. The molecule has 3 rings (SSSR count). The summed E-state index contributed by atoms with van der Waals surface area (Å²) in [4.78, 5) is 36.9. The molecule has 0 fully saturated rings. The van der Waals surface area contributed by atoms with Gasteiger partial charge in [0.05, 0.1) is 6.54 Å². The van der Waals surface area contributed by atoms with Gasteiger partial charge in [-0.25, -0.2) is 4.68 Å². The van der Waals surface area contributed by atoms with E-state index >= 15 is 0 Å². The highest BCUT2D eigenvalue weighted by Gasteiger charge is 2.12. The molecule has 30 heavy (non-hydrogen) atoms. The summed E-state index contributed by atoms with van der Waals surface area (Å²) in [5.74, 6) is -0.653. The van der Waals surface area contributed by atoms with Crippen LogP contribution < -0.4 is 16.2 Å². The Morgan fingerprint density at radius 3 is 2.33 bits per heavy atom. The molecule has 0 atom stereocenters. The van der Waals surface area contributed by atoms with E-state index in [1.807, 2.05) is 51.1 Å². The molecule has 2 aromatic carbocycles. The zero-order chi connectivity index (χ0) is 21.7. The van der Waals surface area contributed by atoms with Crippen molar-refractivity contribution >= 4 is 23.2 Å². The van der Waals surface area contributed by atoms with Crippen molar-refractivity contribution in [2.24, 2.45) is 0 Å². The Bertz CT molecular complexity index is 1130. The molecule has 1 heterocycles. The second-order valence-electron chi connectivity index (χ2n) is 7.22. The molecular formula is C23H24N4O3. The smallest absolute Gasteiger partial charge is 0.276 e. The molecule has 0 aliphatic rings. The number of carbonyl (C=O) groups excluding carboxylic acids is 2. The maximum atomic E-state index is 12.4. The lowest BCUT2D eigenvalue weighted by molar-refractivity contribution is -0.116. The van der Waals surface area contributed by atoms with Gasteiger partial charge < -0.3 is 10.6 Å². The van der Waals surface area contributed by atoms with E-state index in [-0.39, 0.29) is 30.1 Å². The number of anilines is 2. The van der Waals surface area contributed by atoms with Crippen molar-refractivity contribution in [2.45, 2.75) is 33.7 Å². The summed E-state index contributed by atoms with van der Waals surface area (Å²) in [6.07, 6.45) is 0.0589. The molecule has 0 aliphatic heterocycles. The number of carbonyl (C=O) groups is 2. The molecule has 1 aromatic heterocycles. The fourth-order valence-corrected chi connectivity index (χ4v) is 2.85. The van der Waals surface area contributed by atoms with Crippen molar-refractivity contribution < 1.29 is 9.59 Å². The standard InChI is InChI=1S/C23H24N4O3/c1-15-5-8-18(9-6-15)24-23(30)19-10-11-22(29)27(26-19)13-12-21(28)25-20-14-16(2)4-7-17(20)3/h4-11,14H,12-13H2,1-3H3,(H,24,30)(H,25,28). The number of nitrogens with one attached hydrogen (secondary N) is 2. The minimum absolute atomic E-state index is 0.0589. The third-order valence-corrected chi connectivity index (χ3v) is 4.63. The van der Waals surface area contributed by atoms with Crippen LogP contribution in [0.25, 0.3) is 0 Å². The van der Waals surface area contributed by atoms with E-state index in [1.165, 1.54) is 12.1 Å². The molecule has 0 saturated carbocycles. The first-order valence-electron chi connectivity index (χ1n) is 9.65. The van der Waals surface area contributed by atoms with Crippen LogP contribution in [0.1, 0.15) is 33.6 Å². The number of amides is 2. The van der Waals surface area contributed by atoms with Crippen LogP contribution in [0.3, 0.4) is 0 Å². The zero-order valence-electron chi connectivity index (χ0n) is 17.2. The topological polar surface area (TPSA) is 93.1 Å². The highest BCUT2D eigenvalue weighted by molar-refractivity contribution is 6.02. The van der Waals surface area contributed by atoms with Crippen molar-refractivity contribution in [3.8, 4) is 0 Å². The molecule has 2 amide bonds. The van der Waals surface area contributed by atoms with Crippen LogP contribution in [0.2, 0.25) is 0 Å². The monoisotopic (exact) mass is 404 g/mol. The Hall–Kier alpha value is -3.74. The SMILES string of the molecule is Cc1ccc(NC(=O)c2ccc(=O)n(CCC(=O)Nc3cc(C)ccc3C)n2)cc1. The predicted octanol–water partition coefficient (Wildman–Crippen LogP) is 3.45. The second kappa shape index (κ2) is 9.17. The second-order valence-corrected chi connectivity index (χ2v) is 7.22. The molecule has 7 heteroatoms. The van der Waals surface area contributed by atoms with E-state index in [0.717, 1.165) is 27.1 Å². The molecule has 7 nitrogen and oxygen atoms in total. The summed E-state index contributed by atoms with van der Waals surface area (Å²) in [7, 11) is 0. The van der Waals surface area contributed by atoms with Gasteiger partial charge in [0, 0.05) is 23.9 Å². The van der Waals surface area contributed by atoms with E-state index < -0.39 is 5.91 Å². The van der Waals surface area contributed by atoms with Crippen LogP contribution in [-0.2, 0) is 11.3 Å². The maximum Gasteiger partial charge on any atom is 0.276 e. The van der Waals surface area contributed by atoms with Gasteiger partial charge in [0.2, 0.25) is 5.91 Å². The number of rotatable bonds is 6. The van der Waals surface area contributed by atoms with E-state index in [9.17, 15) is 14.4 Å². The van der Waals surface area contributed by atoms with E-state index in [4.69, 9.17) is 0 Å². The van der Waals surface area contributed by atoms with Crippen molar-refractivity contribution in [3.63, 3.8) is 0 Å². The summed E-state index contributed by atoms with van der Waals surface area (Å²) < 4.78 is 1.13. The summed E-state index contributed by atoms with van der Waals surface area (Å²) in [6.45, 7) is 5.89. The molecule has 0 spiro atoms. The molecule has 2 N–H and O–H groups in total. The fraction of sp³-hybridized carbons (Fsp3) is 0.217. The first kappa shape index (κ1) is 21.0. The Kier molecular flexibility index (Phi) is 6.41. The number of hydrogen-bond donors (Lipinski definition) is 2. The minimum atomic E-state index is -0.424. The first-order chi connectivity index (χ1) is 14.3. The number of nitrogens with zero attached hydrogens (tertiary/aromatic N) is 2. The summed E-state index contributed by atoms with van der Waals surface area (Å²) >= 11 is 0. The van der Waals surface area contributed by atoms with E-state index in [0.29, 0.717) is 5.69 Å². The number of aryl methyl sites for hydroxylation is 4. The fourth-order valence-electron chi connectivity index (χ4n) is 2.85. The van der Waals surface area contributed by atoms with E-state index in [1.54, 1.807) is 12.1 Å². The Balaban J connectivity index is 1.65. The van der Waals surface area contributed by atoms with Crippen LogP contribution in [0.5, 0.6) is 0 Å². The van der Waals surface area contributed by atoms with Gasteiger partial charge in [-0.2, -0.15) is 5.10 Å². The van der Waals surface area contributed by atoms with Crippen LogP contribution in [0.4, 0.5) is 11.4 Å². The lowest BCUT2D eigenvalue weighted by atomic mass is 10.1. The van der Waals surface area contributed by atoms with Crippen molar-refractivity contribution in [2.75, 3.05) is 10.6 Å². The van der Waals surface area contributed by atoms with Gasteiger partial charge in [-0.1, -0.05) is 29.8 Å². The molecule has 0 saturated heterocycles. The van der Waals surface area contributed by atoms with Gasteiger partial charge in [0.25, 0.3) is 11.5 Å². The number of aromatic nitrogens is 2. The third-order valence-electron chi connectivity index (χ3n) is 4.63. The molecule has 0 radical (unpaired) electrons. The molecule has 0 aliphatic carbocycles. The maximum absolute atomic E-state index is 12.4. The van der Waals surface area contributed by atoms with Gasteiger partial charge in [-0.15, -0.1) is 0 Å². The molecular weight excluding hydrogens is 380 g/mol. The van der Waals surface area contributed by atoms with Crippen LogP contribution in [-0.4, -0.2) is 21.6 Å². The van der Waals surface area contributed by atoms with Gasteiger partial charge in [-0.3, -0.25) is 14.4 Å². The summed E-state index contributed by atoms with van der Waals surface area (Å²) in [5, 5.41) is 9.71. The lowest BCUT2D eigenvalue weighted by Gasteiger charge is -2.10. The third kappa shape index (κ3) is 5.41. The minimum Gasteiger partial charge on any atom is -0.326 e. The highest BCUT2D eigenvalue weighted by Crippen LogP contribution is 2.16. The summed E-state index contributed by atoms with van der Waals surface area (Å²) in [5.41, 5.74) is 4.19. The average molecular weight is 404 g/mol. The van der Waals surface area contributed by atoms with Gasteiger partial charge >= 0.3 is 0 Å². The van der Waals surface area contributed by atoms with Crippen LogP contribution >= 0.6 is 0 Å². The normalized spacial score (nSPS) is 10.5. The predicted molar refractivity (Wildman–Crippen MR) is 117 cm³/mol. The zero-order valence-corrected chi connectivity index (χ0v) is 17.2. The lowest BCUT2D eigenvalue weighted by Crippen LogP contribution is -2.28. The van der Waals surface area contributed by atoms with Crippen molar-refractivity contribution in [3.05, 3.63) is 87.3 Å². The largest absolute Gasteiger partial charge is 0.326 e. The Morgan fingerprint density at radius 1 is 0.900 bits per heavy atom. The highest BCUT2D eigenvalue weighted by atomic mass is 16.2. The number of hydrogen-bond acceptors (Lipinski definition) is 4. The molecule has 0 unspecified atom stereocenters. The Labute approximate surface area is 174 Å². The first-order valence-corrected chi connectivity index (χ1v) is 9.65. The molecule has 154 valence electrons. The van der Waals surface area contributed by atoms with Crippen molar-refractivity contribution in [1.29, 1.82) is 0 Å². The Morgan fingerprint density at radius 2 is 1.60 bits per heavy atom. The van der Waals surface area contributed by atoms with Crippen molar-refractivity contribution in [1.82, 2.24) is 9.78 Å². The van der Waals surface area contributed by atoms with Gasteiger partial charge in [0.15, 0.2) is 0 Å². The van der Waals surface area contributed by atoms with Crippen LogP contribution in [0, 0.1) is 20.8 Å². The molecule has 0 bridgehead atoms. The average Bonchev–Trinajstić information content (AvgIpc) is 2.71. The van der Waals surface area contributed by atoms with Crippen LogP contribution in [0.15, 0.2) is 59.4 Å².